The molecule has 184 valence electrons. The molecule has 5 aromatic rings. The summed E-state index contributed by atoms with van der Waals surface area (Å²) in [6.07, 6.45) is 2.60. The molecule has 0 spiro atoms. The second-order valence-corrected chi connectivity index (χ2v) is 11.7. The molecule has 0 radical (unpaired) electrons. The third-order valence-electron chi connectivity index (χ3n) is 5.86. The summed E-state index contributed by atoms with van der Waals surface area (Å²) in [5.74, 6) is 1.54. The van der Waals surface area contributed by atoms with Crippen LogP contribution in [0.15, 0.2) is 95.1 Å². The molecule has 0 unspecified atom stereocenters. The van der Waals surface area contributed by atoms with E-state index >= 15 is 0 Å². The van der Waals surface area contributed by atoms with Gasteiger partial charge in [0.25, 0.3) is 10.0 Å². The first-order valence-corrected chi connectivity index (χ1v) is 14.0. The standard InChI is InChI=1S/C27H25FN4O2S2/c1-19(2)16-17-35-27-30-29-26(32(27)21-14-12-20(28)13-15-21)24-18-31(25-11-7-6-10-23(24)25)36(33,34)22-8-4-3-5-9-22/h3-15,18-19H,16-17H2,1-2H3. The molecule has 5 rings (SSSR count). The maximum absolute atomic E-state index is 13.7. The van der Waals surface area contributed by atoms with Crippen LogP contribution in [0.4, 0.5) is 4.39 Å². The van der Waals surface area contributed by atoms with Crippen molar-refractivity contribution < 1.29 is 12.8 Å². The van der Waals surface area contributed by atoms with Crippen LogP contribution in [-0.4, -0.2) is 32.9 Å². The first kappa shape index (κ1) is 24.3. The molecular weight excluding hydrogens is 495 g/mol. The van der Waals surface area contributed by atoms with E-state index in [-0.39, 0.29) is 10.7 Å². The molecule has 0 amide bonds. The maximum Gasteiger partial charge on any atom is 0.268 e. The molecule has 0 bridgehead atoms. The summed E-state index contributed by atoms with van der Waals surface area (Å²) in [5, 5.41) is 10.3. The monoisotopic (exact) mass is 520 g/mol. The van der Waals surface area contributed by atoms with Crippen LogP contribution in [0.2, 0.25) is 0 Å². The molecule has 36 heavy (non-hydrogen) atoms. The molecule has 0 aliphatic carbocycles. The Bertz CT molecular complexity index is 1610. The smallest absolute Gasteiger partial charge is 0.268 e. The van der Waals surface area contributed by atoms with Gasteiger partial charge in [0.1, 0.15) is 5.82 Å². The van der Waals surface area contributed by atoms with E-state index in [1.165, 1.54) is 16.1 Å². The summed E-state index contributed by atoms with van der Waals surface area (Å²) in [7, 11) is -3.85. The molecule has 0 aliphatic heterocycles. The topological polar surface area (TPSA) is 69.8 Å². The second-order valence-electron chi connectivity index (χ2n) is 8.82. The molecule has 2 heterocycles. The Hall–Kier alpha value is -3.43. The van der Waals surface area contributed by atoms with Gasteiger partial charge in [-0.2, -0.15) is 0 Å². The van der Waals surface area contributed by atoms with Crippen LogP contribution >= 0.6 is 11.8 Å². The summed E-state index contributed by atoms with van der Waals surface area (Å²) in [4.78, 5) is 0.197. The zero-order valence-electron chi connectivity index (χ0n) is 19.9. The minimum atomic E-state index is -3.85. The average Bonchev–Trinajstić information content (AvgIpc) is 3.47. The number of rotatable bonds is 8. The molecule has 0 fully saturated rings. The van der Waals surface area contributed by atoms with Crippen LogP contribution in [0.1, 0.15) is 20.3 Å². The van der Waals surface area contributed by atoms with Crippen LogP contribution in [-0.2, 0) is 10.0 Å². The summed E-state index contributed by atoms with van der Waals surface area (Å²) in [6.45, 7) is 4.33. The van der Waals surface area contributed by atoms with E-state index in [4.69, 9.17) is 0 Å². The lowest BCUT2D eigenvalue weighted by molar-refractivity contribution is 0.589. The minimum Gasteiger partial charge on any atom is -0.270 e. The SMILES string of the molecule is CC(C)CCSc1nnc(-c2cn(S(=O)(=O)c3ccccc3)c3ccccc23)n1-c1ccc(F)cc1. The van der Waals surface area contributed by atoms with Crippen molar-refractivity contribution in [3.05, 3.63) is 90.9 Å². The van der Waals surface area contributed by atoms with Gasteiger partial charge < -0.3 is 0 Å². The minimum absolute atomic E-state index is 0.197. The van der Waals surface area contributed by atoms with Crippen LogP contribution in [0.3, 0.4) is 0 Å². The zero-order valence-corrected chi connectivity index (χ0v) is 21.5. The third-order valence-corrected chi connectivity index (χ3v) is 8.51. The van der Waals surface area contributed by atoms with Gasteiger partial charge in [-0.25, -0.2) is 16.8 Å². The number of thioether (sulfide) groups is 1. The Labute approximate surface area is 213 Å². The Kier molecular flexibility index (Phi) is 6.68. The van der Waals surface area contributed by atoms with Gasteiger partial charge in [0.15, 0.2) is 11.0 Å². The number of aromatic nitrogens is 4. The molecule has 0 saturated carbocycles. The van der Waals surface area contributed by atoms with Gasteiger partial charge in [-0.1, -0.05) is 62.0 Å². The van der Waals surface area contributed by atoms with E-state index in [1.807, 2.05) is 16.7 Å². The van der Waals surface area contributed by atoms with Crippen LogP contribution in [0.25, 0.3) is 28.0 Å². The molecular formula is C27H25FN4O2S2. The largest absolute Gasteiger partial charge is 0.270 e. The van der Waals surface area contributed by atoms with Crippen LogP contribution in [0.5, 0.6) is 0 Å². The number of nitrogens with zero attached hydrogens (tertiary/aromatic N) is 4. The van der Waals surface area contributed by atoms with Crippen molar-refractivity contribution in [2.45, 2.75) is 30.3 Å². The van der Waals surface area contributed by atoms with Gasteiger partial charge in [0.05, 0.1) is 10.4 Å². The number of benzene rings is 3. The first-order valence-electron chi connectivity index (χ1n) is 11.6. The fourth-order valence-corrected chi connectivity index (χ4v) is 6.56. The quantitative estimate of drug-likeness (QED) is 0.221. The number of hydrogen-bond donors (Lipinski definition) is 0. The lowest BCUT2D eigenvalue weighted by Crippen LogP contribution is -2.11. The van der Waals surface area contributed by atoms with Crippen molar-refractivity contribution in [2.24, 2.45) is 5.92 Å². The summed E-state index contributed by atoms with van der Waals surface area (Å²) in [5.41, 5.74) is 1.86. The van der Waals surface area contributed by atoms with Crippen LogP contribution < -0.4 is 0 Å². The molecule has 0 aliphatic rings. The number of para-hydroxylation sites is 1. The molecule has 0 saturated heterocycles. The fraction of sp³-hybridized carbons (Fsp3) is 0.185. The van der Waals surface area contributed by atoms with Crippen molar-refractivity contribution in [1.82, 2.24) is 18.7 Å². The van der Waals surface area contributed by atoms with Crippen molar-refractivity contribution in [3.8, 4) is 17.1 Å². The summed E-state index contributed by atoms with van der Waals surface area (Å²) >= 11 is 1.58. The fourth-order valence-electron chi connectivity index (χ4n) is 3.98. The highest BCUT2D eigenvalue weighted by Gasteiger charge is 2.25. The Balaban J connectivity index is 1.70. The van der Waals surface area contributed by atoms with Gasteiger partial charge in [0.2, 0.25) is 0 Å². The van der Waals surface area contributed by atoms with E-state index in [9.17, 15) is 12.8 Å². The average molecular weight is 521 g/mol. The van der Waals surface area contributed by atoms with E-state index in [0.29, 0.717) is 33.7 Å². The number of hydrogen-bond acceptors (Lipinski definition) is 5. The van der Waals surface area contributed by atoms with E-state index < -0.39 is 10.0 Å². The van der Waals surface area contributed by atoms with Crippen LogP contribution in [0, 0.1) is 11.7 Å². The maximum atomic E-state index is 13.7. The highest BCUT2D eigenvalue weighted by molar-refractivity contribution is 7.99. The van der Waals surface area contributed by atoms with Gasteiger partial charge >= 0.3 is 0 Å². The molecule has 2 aromatic heterocycles. The predicted octanol–water partition coefficient (Wildman–Crippen LogP) is 6.40. The van der Waals surface area contributed by atoms with Gasteiger partial charge in [0, 0.05) is 28.6 Å². The molecule has 3 aromatic carbocycles. The third kappa shape index (κ3) is 4.56. The van der Waals surface area contributed by atoms with E-state index in [0.717, 1.165) is 17.6 Å². The lowest BCUT2D eigenvalue weighted by atomic mass is 10.1. The van der Waals surface area contributed by atoms with Crippen molar-refractivity contribution in [3.63, 3.8) is 0 Å². The predicted molar refractivity (Wildman–Crippen MR) is 141 cm³/mol. The number of fused-ring (bicyclic) bond motifs is 1. The Morgan fingerprint density at radius 2 is 1.61 bits per heavy atom. The normalized spacial score (nSPS) is 12.0. The van der Waals surface area contributed by atoms with Gasteiger partial charge in [-0.05, 0) is 54.8 Å². The molecule has 6 nitrogen and oxygen atoms in total. The van der Waals surface area contributed by atoms with Crippen molar-refractivity contribution in [2.75, 3.05) is 5.75 Å². The highest BCUT2D eigenvalue weighted by Crippen LogP contribution is 2.35. The lowest BCUT2D eigenvalue weighted by Gasteiger charge is -2.10. The Morgan fingerprint density at radius 3 is 2.33 bits per heavy atom. The summed E-state index contributed by atoms with van der Waals surface area (Å²) in [6, 6.07) is 21.8. The molecule has 0 atom stereocenters. The second kappa shape index (κ2) is 9.91. The van der Waals surface area contributed by atoms with Crippen molar-refractivity contribution >= 4 is 32.7 Å². The van der Waals surface area contributed by atoms with E-state index in [2.05, 4.69) is 24.0 Å². The first-order chi connectivity index (χ1) is 17.4. The van der Waals surface area contributed by atoms with Gasteiger partial charge in [-0.15, -0.1) is 10.2 Å². The van der Waals surface area contributed by atoms with Crippen molar-refractivity contribution in [1.29, 1.82) is 0 Å². The highest BCUT2D eigenvalue weighted by atomic mass is 32.2. The Morgan fingerprint density at radius 1 is 0.917 bits per heavy atom. The molecule has 0 N–H and O–H groups in total. The zero-order chi connectivity index (χ0) is 25.3. The number of halogens is 1. The van der Waals surface area contributed by atoms with E-state index in [1.54, 1.807) is 72.6 Å². The van der Waals surface area contributed by atoms with Gasteiger partial charge in [-0.3, -0.25) is 4.57 Å². The molecule has 9 heteroatoms. The summed E-state index contributed by atoms with van der Waals surface area (Å²) < 4.78 is 44.0.